The lowest BCUT2D eigenvalue weighted by molar-refractivity contribution is -0.139. The highest BCUT2D eigenvalue weighted by atomic mass is 19.4. The van der Waals surface area contributed by atoms with Gasteiger partial charge in [-0.15, -0.1) is 0 Å². The zero-order valence-corrected chi connectivity index (χ0v) is 25.5. The van der Waals surface area contributed by atoms with Crippen LogP contribution in [0.25, 0.3) is 44.5 Å². The monoisotopic (exact) mass is 752 g/mol. The summed E-state index contributed by atoms with van der Waals surface area (Å²) in [5.74, 6) is 0. The molecule has 0 amide bonds. The van der Waals surface area contributed by atoms with E-state index in [0.29, 0.717) is 54.6 Å². The van der Waals surface area contributed by atoms with Crippen molar-refractivity contribution in [3.05, 3.63) is 119 Å². The molecule has 0 aliphatic rings. The largest absolute Gasteiger partial charge is 0.417 e. The molecule has 5 aromatic carbocycles. The van der Waals surface area contributed by atoms with Crippen LogP contribution in [-0.2, 0) is 30.9 Å². The first-order chi connectivity index (χ1) is 23.8. The van der Waals surface area contributed by atoms with Gasteiger partial charge in [-0.1, -0.05) is 42.5 Å². The first kappa shape index (κ1) is 37.9. The highest BCUT2D eigenvalue weighted by molar-refractivity contribution is 5.86. The fraction of sp³-hybridized carbons (Fsp3) is 0.143. The quantitative estimate of drug-likeness (QED) is 0.142. The molecule has 274 valence electrons. The Morgan fingerprint density at radius 1 is 0.308 bits per heavy atom. The fourth-order valence-corrected chi connectivity index (χ4v) is 5.77. The summed E-state index contributed by atoms with van der Waals surface area (Å²) in [5, 5.41) is 0. The highest BCUT2D eigenvalue weighted by Gasteiger charge is 2.42. The van der Waals surface area contributed by atoms with E-state index in [2.05, 4.69) is 0 Å². The van der Waals surface area contributed by atoms with Crippen molar-refractivity contribution in [1.82, 2.24) is 0 Å². The number of nitrogens with two attached hydrogens (primary N) is 2. The van der Waals surface area contributed by atoms with Gasteiger partial charge in [0.05, 0.1) is 27.8 Å². The number of nitrogen functional groups attached to an aromatic ring is 2. The summed E-state index contributed by atoms with van der Waals surface area (Å²) in [6.07, 6.45) is -26.8. The molecule has 0 unspecified atom stereocenters. The summed E-state index contributed by atoms with van der Waals surface area (Å²) in [4.78, 5) is 0. The molecule has 52 heavy (non-hydrogen) atoms. The van der Waals surface area contributed by atoms with Gasteiger partial charge < -0.3 is 11.5 Å². The van der Waals surface area contributed by atoms with Crippen molar-refractivity contribution in [3.8, 4) is 44.5 Å². The summed E-state index contributed by atoms with van der Waals surface area (Å²) in [5.41, 5.74) is -6.50. The number of rotatable bonds is 4. The zero-order valence-electron chi connectivity index (χ0n) is 25.5. The van der Waals surface area contributed by atoms with E-state index in [0.717, 1.165) is 24.3 Å². The topological polar surface area (TPSA) is 52.0 Å². The molecule has 0 saturated heterocycles. The van der Waals surface area contributed by atoms with Crippen LogP contribution in [0.4, 0.5) is 77.2 Å². The van der Waals surface area contributed by atoms with Crippen LogP contribution in [0, 0.1) is 0 Å². The van der Waals surface area contributed by atoms with Gasteiger partial charge in [0.25, 0.3) is 0 Å². The van der Waals surface area contributed by atoms with E-state index < -0.39 is 115 Å². The van der Waals surface area contributed by atoms with E-state index in [9.17, 15) is 65.9 Å². The van der Waals surface area contributed by atoms with Gasteiger partial charge in [-0.3, -0.25) is 0 Å². The molecule has 0 aromatic heterocycles. The second kappa shape index (κ2) is 12.7. The third-order valence-electron chi connectivity index (χ3n) is 7.90. The smallest absolute Gasteiger partial charge is 0.399 e. The van der Waals surface area contributed by atoms with Crippen molar-refractivity contribution >= 4 is 11.4 Å². The number of hydrogen-bond acceptors (Lipinski definition) is 2. The molecular weight excluding hydrogens is 733 g/mol. The van der Waals surface area contributed by atoms with Gasteiger partial charge in [0.1, 0.15) is 0 Å². The molecule has 5 rings (SSSR count). The van der Waals surface area contributed by atoms with Gasteiger partial charge in [-0.25, -0.2) is 0 Å². The molecule has 17 heteroatoms. The Hall–Kier alpha value is -5.35. The van der Waals surface area contributed by atoms with E-state index in [1.807, 2.05) is 0 Å². The maximum atomic E-state index is 14.8. The van der Waals surface area contributed by atoms with E-state index >= 15 is 0 Å². The van der Waals surface area contributed by atoms with Crippen LogP contribution in [0.3, 0.4) is 0 Å². The Kier molecular flexibility index (Phi) is 9.26. The normalized spacial score (nSPS) is 13.1. The fourth-order valence-electron chi connectivity index (χ4n) is 5.77. The molecule has 2 nitrogen and oxygen atoms in total. The highest BCUT2D eigenvalue weighted by Crippen LogP contribution is 2.50. The minimum absolute atomic E-state index is 0.166. The van der Waals surface area contributed by atoms with Crippen LogP contribution in [0.15, 0.2) is 91.0 Å². The molecule has 0 fully saturated rings. The number of benzene rings is 5. The first-order valence-electron chi connectivity index (χ1n) is 14.4. The Morgan fingerprint density at radius 2 is 0.692 bits per heavy atom. The lowest BCUT2D eigenvalue weighted by atomic mass is 9.85. The van der Waals surface area contributed by atoms with Crippen LogP contribution in [0.5, 0.6) is 0 Å². The van der Waals surface area contributed by atoms with Crippen molar-refractivity contribution < 1.29 is 65.9 Å². The lowest BCUT2D eigenvalue weighted by Gasteiger charge is -2.23. The van der Waals surface area contributed by atoms with Crippen molar-refractivity contribution in [3.63, 3.8) is 0 Å². The number of anilines is 2. The molecule has 0 radical (unpaired) electrons. The Labute approximate surface area is 283 Å². The van der Waals surface area contributed by atoms with Gasteiger partial charge in [0, 0.05) is 11.4 Å². The molecule has 0 bridgehead atoms. The average Bonchev–Trinajstić information content (AvgIpc) is 3.01. The number of halogens is 15. The molecule has 0 aliphatic carbocycles. The maximum Gasteiger partial charge on any atom is 0.417 e. The van der Waals surface area contributed by atoms with Crippen molar-refractivity contribution in [2.24, 2.45) is 0 Å². The standard InChI is InChI=1S/C35H19F15N2/c36-31(37,38)26-10-4-16(20-8-6-18(51)14-28(20)33(42,43)44)12-24(26)25-13-17(5-11-27(25)32(39,40)41)21-2-1-3-23(30(21)35(48,49)50)22-9-7-19(52)15-29(22)34(45,46)47/h1-15H,51-52H2. The summed E-state index contributed by atoms with van der Waals surface area (Å²) in [6.45, 7) is 0. The second-order valence-electron chi connectivity index (χ2n) is 11.3. The minimum Gasteiger partial charge on any atom is -0.399 e. The third kappa shape index (κ3) is 7.48. The summed E-state index contributed by atoms with van der Waals surface area (Å²) < 4.78 is 214. The molecule has 0 heterocycles. The molecule has 0 saturated carbocycles. The number of hydrogen-bond donors (Lipinski definition) is 2. The van der Waals surface area contributed by atoms with Crippen molar-refractivity contribution in [2.45, 2.75) is 30.9 Å². The Bertz CT molecular complexity index is 2150. The summed E-state index contributed by atoms with van der Waals surface area (Å²) in [7, 11) is 0. The van der Waals surface area contributed by atoms with E-state index in [4.69, 9.17) is 11.5 Å². The first-order valence-corrected chi connectivity index (χ1v) is 14.4. The summed E-state index contributed by atoms with van der Waals surface area (Å²) >= 11 is 0. The van der Waals surface area contributed by atoms with Gasteiger partial charge in [0.2, 0.25) is 0 Å². The van der Waals surface area contributed by atoms with Gasteiger partial charge >= 0.3 is 30.9 Å². The van der Waals surface area contributed by atoms with Crippen molar-refractivity contribution in [1.29, 1.82) is 0 Å². The van der Waals surface area contributed by atoms with Gasteiger partial charge in [0.15, 0.2) is 0 Å². The molecular formula is C35H19F15N2. The maximum absolute atomic E-state index is 14.8. The van der Waals surface area contributed by atoms with E-state index in [1.54, 1.807) is 0 Å². The molecule has 5 aromatic rings. The van der Waals surface area contributed by atoms with Crippen LogP contribution >= 0.6 is 0 Å². The van der Waals surface area contributed by atoms with Gasteiger partial charge in [-0.2, -0.15) is 65.9 Å². The third-order valence-corrected chi connectivity index (χ3v) is 7.90. The zero-order chi connectivity index (χ0) is 38.8. The predicted molar refractivity (Wildman–Crippen MR) is 162 cm³/mol. The predicted octanol–water partition coefficient (Wildman–Crippen LogP) is 12.6. The molecule has 0 spiro atoms. The van der Waals surface area contributed by atoms with Crippen LogP contribution in [-0.4, -0.2) is 0 Å². The lowest BCUT2D eigenvalue weighted by Crippen LogP contribution is -2.14. The average molecular weight is 753 g/mol. The molecule has 0 aliphatic heterocycles. The Balaban J connectivity index is 1.87. The van der Waals surface area contributed by atoms with Gasteiger partial charge in [-0.05, 0) is 93.0 Å². The SMILES string of the molecule is Nc1ccc(-c2ccc(C(F)(F)F)c(-c3cc(-c4cccc(-c5ccc(N)cc5C(F)(F)F)c4C(F)(F)F)ccc3C(F)(F)F)c2)c(C(F)(F)F)c1. The van der Waals surface area contributed by atoms with Crippen LogP contribution < -0.4 is 11.5 Å². The van der Waals surface area contributed by atoms with Crippen LogP contribution in [0.1, 0.15) is 27.8 Å². The molecule has 4 N–H and O–H groups in total. The summed E-state index contributed by atoms with van der Waals surface area (Å²) in [6, 6.07) is 8.42. The van der Waals surface area contributed by atoms with E-state index in [-0.39, 0.29) is 12.1 Å². The number of alkyl halides is 15. The van der Waals surface area contributed by atoms with Crippen LogP contribution in [0.2, 0.25) is 0 Å². The second-order valence-corrected chi connectivity index (χ2v) is 11.3. The molecule has 0 atom stereocenters. The van der Waals surface area contributed by atoms with Crippen molar-refractivity contribution in [2.75, 3.05) is 11.5 Å². The van der Waals surface area contributed by atoms with E-state index in [1.165, 1.54) is 0 Å². The minimum atomic E-state index is -5.50. The Morgan fingerprint density at radius 3 is 1.12 bits per heavy atom.